The van der Waals surface area contributed by atoms with Crippen LogP contribution >= 0.6 is 31.9 Å². The summed E-state index contributed by atoms with van der Waals surface area (Å²) in [6, 6.07) is 15.7. The van der Waals surface area contributed by atoms with Crippen molar-refractivity contribution in [3.05, 3.63) is 68.7 Å². The molecule has 0 bridgehead atoms. The topological polar surface area (TPSA) is 25.8 Å². The van der Waals surface area contributed by atoms with Crippen molar-refractivity contribution < 1.29 is 0 Å². The third-order valence-corrected chi connectivity index (χ3v) is 4.06. The molecule has 96 valence electrons. The van der Waals surface area contributed by atoms with Crippen molar-refractivity contribution in [2.24, 2.45) is 0 Å². The van der Waals surface area contributed by atoms with Crippen molar-refractivity contribution in [2.75, 3.05) is 0 Å². The number of nitrogens with zero attached hydrogens (tertiary/aromatic N) is 2. The molecule has 0 atom stereocenters. The first-order chi connectivity index (χ1) is 9.74. The van der Waals surface area contributed by atoms with Crippen LogP contribution in [0.2, 0.25) is 0 Å². The van der Waals surface area contributed by atoms with Crippen LogP contribution in [0.3, 0.4) is 0 Å². The molecule has 0 aliphatic rings. The Morgan fingerprint density at radius 2 is 1.65 bits per heavy atom. The molecule has 2 nitrogen and oxygen atoms in total. The van der Waals surface area contributed by atoms with Crippen molar-refractivity contribution in [2.45, 2.75) is 0 Å². The summed E-state index contributed by atoms with van der Waals surface area (Å²) in [7, 11) is 0. The number of halogens is 2. The summed E-state index contributed by atoms with van der Waals surface area (Å²) >= 11 is 7.03. The molecular formula is C16H8Br2N2. The first-order valence-electron chi connectivity index (χ1n) is 5.92. The lowest BCUT2D eigenvalue weighted by Gasteiger charge is -2.01. The first kappa shape index (κ1) is 13.3. The highest BCUT2D eigenvalue weighted by atomic mass is 79.9. The second-order valence-electron chi connectivity index (χ2n) is 4.14. The van der Waals surface area contributed by atoms with Gasteiger partial charge in [0.05, 0.1) is 9.99 Å². The Bertz CT molecular complexity index is 833. The van der Waals surface area contributed by atoms with Gasteiger partial charge in [-0.3, -0.25) is 0 Å². The van der Waals surface area contributed by atoms with Gasteiger partial charge in [0.25, 0.3) is 0 Å². The second kappa shape index (κ2) is 5.74. The van der Waals surface area contributed by atoms with Crippen LogP contribution in [-0.2, 0) is 0 Å². The third-order valence-electron chi connectivity index (χ3n) is 2.76. The van der Waals surface area contributed by atoms with Gasteiger partial charge in [0.15, 0.2) is 5.69 Å². The average Bonchev–Trinajstić information content (AvgIpc) is 2.48. The Morgan fingerprint density at radius 1 is 0.850 bits per heavy atom. The van der Waals surface area contributed by atoms with Crippen LogP contribution in [0.1, 0.15) is 11.3 Å². The summed E-state index contributed by atoms with van der Waals surface area (Å²) in [5, 5.41) is 9.35. The summed E-state index contributed by atoms with van der Waals surface area (Å²) in [6.07, 6.45) is 0. The Balaban J connectivity index is 2.09. The fourth-order valence-corrected chi connectivity index (χ4v) is 2.64. The van der Waals surface area contributed by atoms with E-state index < -0.39 is 0 Å². The van der Waals surface area contributed by atoms with E-state index >= 15 is 0 Å². The van der Waals surface area contributed by atoms with Crippen molar-refractivity contribution in [3.8, 4) is 11.8 Å². The van der Waals surface area contributed by atoms with Gasteiger partial charge in [0.2, 0.25) is 0 Å². The minimum absolute atomic E-state index is 0.638. The van der Waals surface area contributed by atoms with Crippen molar-refractivity contribution in [1.82, 2.24) is 10.2 Å². The predicted molar refractivity (Wildman–Crippen MR) is 87.4 cm³/mol. The molecule has 0 aliphatic heterocycles. The number of hydrogen-bond donors (Lipinski definition) is 0. The van der Waals surface area contributed by atoms with E-state index in [1.54, 1.807) is 0 Å². The normalized spacial score (nSPS) is 10.1. The maximum atomic E-state index is 4.19. The first-order valence-corrected chi connectivity index (χ1v) is 7.51. The molecule has 3 aromatic rings. The van der Waals surface area contributed by atoms with E-state index in [0.29, 0.717) is 5.69 Å². The molecule has 0 radical (unpaired) electrons. The molecule has 1 heterocycles. The second-order valence-corrected chi connectivity index (χ2v) is 5.85. The molecule has 20 heavy (non-hydrogen) atoms. The van der Waals surface area contributed by atoms with E-state index in [2.05, 4.69) is 53.9 Å². The van der Waals surface area contributed by atoms with Gasteiger partial charge in [-0.25, -0.2) is 0 Å². The van der Waals surface area contributed by atoms with Crippen LogP contribution in [-0.4, -0.2) is 10.2 Å². The summed E-state index contributed by atoms with van der Waals surface area (Å²) in [5.74, 6) is 6.14. The number of hydrogen-bond acceptors (Lipinski definition) is 2. The zero-order valence-corrected chi connectivity index (χ0v) is 13.4. The van der Waals surface area contributed by atoms with Crippen molar-refractivity contribution in [3.63, 3.8) is 0 Å². The highest BCUT2D eigenvalue weighted by Crippen LogP contribution is 2.26. The highest BCUT2D eigenvalue weighted by molar-refractivity contribution is 9.11. The minimum Gasteiger partial charge on any atom is -0.149 e. The number of benzene rings is 2. The number of fused-ring (bicyclic) bond motifs is 1. The number of aromatic nitrogens is 2. The smallest absolute Gasteiger partial charge is 0.149 e. The zero-order valence-electron chi connectivity index (χ0n) is 10.3. The Hall–Kier alpha value is -1.70. The van der Waals surface area contributed by atoms with Gasteiger partial charge in [0.1, 0.15) is 0 Å². The Kier molecular flexibility index (Phi) is 3.81. The summed E-state index contributed by atoms with van der Waals surface area (Å²) in [5.41, 5.74) is 2.43. The zero-order chi connectivity index (χ0) is 13.9. The fourth-order valence-electron chi connectivity index (χ4n) is 1.78. The average molecular weight is 388 g/mol. The third kappa shape index (κ3) is 2.74. The SMILES string of the molecule is Brc1ccc2nnc(C#Cc3ccccc3)c(Br)c2c1. The lowest BCUT2D eigenvalue weighted by atomic mass is 10.2. The van der Waals surface area contributed by atoms with E-state index in [9.17, 15) is 0 Å². The van der Waals surface area contributed by atoms with E-state index in [0.717, 1.165) is 25.4 Å². The Labute approximate surface area is 133 Å². The van der Waals surface area contributed by atoms with Crippen LogP contribution in [0.5, 0.6) is 0 Å². The Morgan fingerprint density at radius 3 is 2.45 bits per heavy atom. The maximum Gasteiger partial charge on any atom is 0.151 e. The summed E-state index contributed by atoms with van der Waals surface area (Å²) in [6.45, 7) is 0. The lowest BCUT2D eigenvalue weighted by molar-refractivity contribution is 1.05. The van der Waals surface area contributed by atoms with Crippen molar-refractivity contribution in [1.29, 1.82) is 0 Å². The van der Waals surface area contributed by atoms with E-state index in [-0.39, 0.29) is 0 Å². The molecule has 0 spiro atoms. The maximum absolute atomic E-state index is 4.19. The molecule has 0 saturated heterocycles. The predicted octanol–water partition coefficient (Wildman–Crippen LogP) is 4.55. The van der Waals surface area contributed by atoms with Crippen LogP contribution in [0, 0.1) is 11.8 Å². The molecule has 3 rings (SSSR count). The van der Waals surface area contributed by atoms with Gasteiger partial charge in [-0.2, -0.15) is 0 Å². The lowest BCUT2D eigenvalue weighted by Crippen LogP contribution is -1.92. The molecule has 4 heteroatoms. The molecule has 0 amide bonds. The summed E-state index contributed by atoms with van der Waals surface area (Å²) in [4.78, 5) is 0. The molecular weight excluding hydrogens is 380 g/mol. The monoisotopic (exact) mass is 386 g/mol. The molecule has 1 aromatic heterocycles. The quantitative estimate of drug-likeness (QED) is 0.528. The van der Waals surface area contributed by atoms with Gasteiger partial charge in [0, 0.05) is 15.4 Å². The van der Waals surface area contributed by atoms with E-state index in [1.165, 1.54) is 0 Å². The largest absolute Gasteiger partial charge is 0.151 e. The van der Waals surface area contributed by atoms with Crippen LogP contribution in [0.4, 0.5) is 0 Å². The molecule has 0 N–H and O–H groups in total. The fraction of sp³-hybridized carbons (Fsp3) is 0. The molecule has 2 aromatic carbocycles. The van der Waals surface area contributed by atoms with Crippen LogP contribution in [0.15, 0.2) is 57.5 Å². The van der Waals surface area contributed by atoms with Gasteiger partial charge < -0.3 is 0 Å². The van der Waals surface area contributed by atoms with Gasteiger partial charge >= 0.3 is 0 Å². The van der Waals surface area contributed by atoms with E-state index in [4.69, 9.17) is 0 Å². The number of rotatable bonds is 0. The van der Waals surface area contributed by atoms with Crippen molar-refractivity contribution >= 4 is 42.8 Å². The minimum atomic E-state index is 0.638. The molecule has 0 aliphatic carbocycles. The van der Waals surface area contributed by atoms with Gasteiger partial charge in [-0.15, -0.1) is 10.2 Å². The van der Waals surface area contributed by atoms with Crippen LogP contribution in [0.25, 0.3) is 10.9 Å². The van der Waals surface area contributed by atoms with Gasteiger partial charge in [-0.05, 0) is 52.2 Å². The van der Waals surface area contributed by atoms with Gasteiger partial charge in [-0.1, -0.05) is 40.0 Å². The highest BCUT2D eigenvalue weighted by Gasteiger charge is 2.06. The molecule has 0 fully saturated rings. The van der Waals surface area contributed by atoms with Crippen LogP contribution < -0.4 is 0 Å². The summed E-state index contributed by atoms with van der Waals surface area (Å²) < 4.78 is 1.87. The molecule has 0 saturated carbocycles. The molecule has 0 unspecified atom stereocenters. The standard InChI is InChI=1S/C16H8Br2N2/c17-12-7-9-14-13(10-12)16(18)15(20-19-14)8-6-11-4-2-1-3-5-11/h1-5,7,9-10H. The van der Waals surface area contributed by atoms with E-state index in [1.807, 2.05) is 48.5 Å².